The maximum absolute atomic E-state index is 13.0. The Balaban J connectivity index is 2.31. The molecule has 0 spiro atoms. The number of Topliss-reactive ketones (excluding diaryl/α,β-unsaturated/α-hetero) is 1. The standard InChI is InChI=1S/C21H34O3/c1-7-20(4)12-9-15(16(22)14-20)21(5)11-8-10-19(2,3)17(21)13-18(23)24-6/h7,15,17H,1,8-14H2,2-6H3/t15-,17-,20-,21+/m0/s1. The third-order valence-corrected chi connectivity index (χ3v) is 7.13. The van der Waals surface area contributed by atoms with Crippen molar-refractivity contribution in [1.82, 2.24) is 0 Å². The summed E-state index contributed by atoms with van der Waals surface area (Å²) in [6.45, 7) is 12.8. The normalized spacial score (nSPS) is 39.3. The molecule has 0 aliphatic heterocycles. The Bertz CT molecular complexity index is 521. The fourth-order valence-corrected chi connectivity index (χ4v) is 5.46. The predicted molar refractivity (Wildman–Crippen MR) is 96.5 cm³/mol. The number of allylic oxidation sites excluding steroid dienone is 1. The summed E-state index contributed by atoms with van der Waals surface area (Å²) in [4.78, 5) is 25.1. The largest absolute Gasteiger partial charge is 0.469 e. The summed E-state index contributed by atoms with van der Waals surface area (Å²) in [5.41, 5.74) is -0.123. The first-order valence-electron chi connectivity index (χ1n) is 9.31. The van der Waals surface area contributed by atoms with Gasteiger partial charge in [-0.3, -0.25) is 9.59 Å². The Morgan fingerprint density at radius 1 is 1.25 bits per heavy atom. The summed E-state index contributed by atoms with van der Waals surface area (Å²) < 4.78 is 4.97. The molecule has 0 N–H and O–H groups in total. The zero-order valence-electron chi connectivity index (χ0n) is 16.1. The van der Waals surface area contributed by atoms with Crippen LogP contribution in [0.2, 0.25) is 0 Å². The maximum Gasteiger partial charge on any atom is 0.305 e. The smallest absolute Gasteiger partial charge is 0.305 e. The van der Waals surface area contributed by atoms with Gasteiger partial charge in [0.05, 0.1) is 7.11 Å². The molecule has 3 heteroatoms. The van der Waals surface area contributed by atoms with Crippen molar-refractivity contribution in [2.24, 2.45) is 28.1 Å². The molecule has 4 atom stereocenters. The van der Waals surface area contributed by atoms with Crippen LogP contribution in [0.1, 0.15) is 72.6 Å². The van der Waals surface area contributed by atoms with Crippen molar-refractivity contribution < 1.29 is 14.3 Å². The summed E-state index contributed by atoms with van der Waals surface area (Å²) in [6.07, 6.45) is 8.13. The first kappa shape index (κ1) is 19.2. The van der Waals surface area contributed by atoms with E-state index in [0.29, 0.717) is 18.6 Å². The highest BCUT2D eigenvalue weighted by atomic mass is 16.5. The molecule has 2 aliphatic carbocycles. The molecular formula is C21H34O3. The molecule has 136 valence electrons. The number of rotatable bonds is 4. The lowest BCUT2D eigenvalue weighted by Gasteiger charge is -2.55. The molecule has 24 heavy (non-hydrogen) atoms. The second kappa shape index (κ2) is 6.65. The van der Waals surface area contributed by atoms with Gasteiger partial charge in [0.15, 0.2) is 0 Å². The average molecular weight is 335 g/mol. The zero-order chi connectivity index (χ0) is 18.2. The van der Waals surface area contributed by atoms with Gasteiger partial charge in [-0.15, -0.1) is 6.58 Å². The number of hydrogen-bond donors (Lipinski definition) is 0. The summed E-state index contributed by atoms with van der Waals surface area (Å²) in [7, 11) is 1.46. The van der Waals surface area contributed by atoms with E-state index in [4.69, 9.17) is 4.74 Å². The monoisotopic (exact) mass is 334 g/mol. The molecule has 0 aromatic carbocycles. The van der Waals surface area contributed by atoms with Crippen molar-refractivity contribution in [2.75, 3.05) is 7.11 Å². The van der Waals surface area contributed by atoms with Gasteiger partial charge < -0.3 is 4.74 Å². The van der Waals surface area contributed by atoms with E-state index in [9.17, 15) is 9.59 Å². The molecule has 0 unspecified atom stereocenters. The lowest BCUT2D eigenvalue weighted by molar-refractivity contribution is -0.153. The predicted octanol–water partition coefficient (Wildman–Crippen LogP) is 4.94. The topological polar surface area (TPSA) is 43.4 Å². The van der Waals surface area contributed by atoms with E-state index < -0.39 is 0 Å². The van der Waals surface area contributed by atoms with E-state index in [0.717, 1.165) is 32.1 Å². The Kier molecular flexibility index (Phi) is 5.32. The molecule has 2 saturated carbocycles. The zero-order valence-corrected chi connectivity index (χ0v) is 16.1. The van der Waals surface area contributed by atoms with Crippen molar-refractivity contribution in [2.45, 2.75) is 72.6 Å². The number of esters is 1. The van der Waals surface area contributed by atoms with E-state index in [1.165, 1.54) is 7.11 Å². The molecule has 0 bridgehead atoms. The minimum absolute atomic E-state index is 0.0553. The number of carbonyl (C=O) groups excluding carboxylic acids is 2. The summed E-state index contributed by atoms with van der Waals surface area (Å²) >= 11 is 0. The summed E-state index contributed by atoms with van der Waals surface area (Å²) in [6, 6.07) is 0. The minimum atomic E-state index is -0.152. The second-order valence-corrected chi connectivity index (χ2v) is 9.27. The molecule has 2 rings (SSSR count). The van der Waals surface area contributed by atoms with Gasteiger partial charge in [0, 0.05) is 18.8 Å². The van der Waals surface area contributed by atoms with Crippen molar-refractivity contribution in [3.8, 4) is 0 Å². The fourth-order valence-electron chi connectivity index (χ4n) is 5.46. The highest BCUT2D eigenvalue weighted by Gasteiger charge is 2.54. The molecule has 0 radical (unpaired) electrons. The Labute approximate surface area is 147 Å². The van der Waals surface area contributed by atoms with Crippen LogP contribution in [0.3, 0.4) is 0 Å². The van der Waals surface area contributed by atoms with E-state index in [-0.39, 0.29) is 34.1 Å². The van der Waals surface area contributed by atoms with Gasteiger partial charge in [0.1, 0.15) is 5.78 Å². The summed E-state index contributed by atoms with van der Waals surface area (Å²) in [5.74, 6) is 0.451. The van der Waals surface area contributed by atoms with Crippen molar-refractivity contribution in [3.05, 3.63) is 12.7 Å². The van der Waals surface area contributed by atoms with Gasteiger partial charge in [-0.2, -0.15) is 0 Å². The van der Waals surface area contributed by atoms with Crippen LogP contribution in [0, 0.1) is 28.1 Å². The van der Waals surface area contributed by atoms with Crippen molar-refractivity contribution in [3.63, 3.8) is 0 Å². The van der Waals surface area contributed by atoms with Gasteiger partial charge in [-0.1, -0.05) is 40.2 Å². The molecule has 3 nitrogen and oxygen atoms in total. The maximum atomic E-state index is 13.0. The quantitative estimate of drug-likeness (QED) is 0.540. The number of carbonyl (C=O) groups is 2. The van der Waals surface area contributed by atoms with Gasteiger partial charge in [0.2, 0.25) is 0 Å². The van der Waals surface area contributed by atoms with E-state index in [2.05, 4.69) is 34.3 Å². The highest BCUT2D eigenvalue weighted by molar-refractivity contribution is 5.83. The molecule has 2 aliphatic rings. The molecule has 0 heterocycles. The Hall–Kier alpha value is -1.12. The van der Waals surface area contributed by atoms with Gasteiger partial charge in [-0.05, 0) is 47.8 Å². The van der Waals surface area contributed by atoms with Gasteiger partial charge in [-0.25, -0.2) is 0 Å². The summed E-state index contributed by atoms with van der Waals surface area (Å²) in [5, 5.41) is 0. The number of ether oxygens (including phenoxy) is 1. The van der Waals surface area contributed by atoms with Crippen LogP contribution in [-0.2, 0) is 14.3 Å². The van der Waals surface area contributed by atoms with Gasteiger partial charge >= 0.3 is 5.97 Å². The van der Waals surface area contributed by atoms with E-state index >= 15 is 0 Å². The number of methoxy groups -OCH3 is 1. The third kappa shape index (κ3) is 3.45. The molecule has 0 saturated heterocycles. The Morgan fingerprint density at radius 2 is 1.92 bits per heavy atom. The van der Waals surface area contributed by atoms with E-state index in [1.54, 1.807) is 0 Å². The van der Waals surface area contributed by atoms with Crippen LogP contribution in [0.25, 0.3) is 0 Å². The lowest BCUT2D eigenvalue weighted by atomic mass is 9.48. The molecule has 0 aromatic heterocycles. The van der Waals surface area contributed by atoms with Crippen LogP contribution in [0.5, 0.6) is 0 Å². The van der Waals surface area contributed by atoms with E-state index in [1.807, 2.05) is 6.08 Å². The highest BCUT2D eigenvalue weighted by Crippen LogP contribution is 2.59. The van der Waals surface area contributed by atoms with Crippen LogP contribution < -0.4 is 0 Å². The minimum Gasteiger partial charge on any atom is -0.469 e. The molecular weight excluding hydrogens is 300 g/mol. The van der Waals surface area contributed by atoms with Crippen LogP contribution >= 0.6 is 0 Å². The molecule has 2 fully saturated rings. The number of ketones is 1. The molecule has 0 aromatic rings. The number of hydrogen-bond acceptors (Lipinski definition) is 3. The van der Waals surface area contributed by atoms with Crippen molar-refractivity contribution in [1.29, 1.82) is 0 Å². The molecule has 0 amide bonds. The average Bonchev–Trinajstić information content (AvgIpc) is 2.50. The first-order valence-corrected chi connectivity index (χ1v) is 9.31. The van der Waals surface area contributed by atoms with Crippen LogP contribution in [-0.4, -0.2) is 18.9 Å². The lowest BCUT2D eigenvalue weighted by Crippen LogP contribution is -2.51. The van der Waals surface area contributed by atoms with Crippen LogP contribution in [0.15, 0.2) is 12.7 Å². The van der Waals surface area contributed by atoms with Gasteiger partial charge in [0.25, 0.3) is 0 Å². The van der Waals surface area contributed by atoms with Crippen molar-refractivity contribution >= 4 is 11.8 Å². The fraction of sp³-hybridized carbons (Fsp3) is 0.810. The third-order valence-electron chi connectivity index (χ3n) is 7.13. The second-order valence-electron chi connectivity index (χ2n) is 9.27. The Morgan fingerprint density at radius 3 is 2.46 bits per heavy atom. The SMILES string of the molecule is C=C[C@@]1(C)CC[C@H]([C@@]2(C)CCCC(C)(C)[C@@H]2CC(=O)OC)C(=O)C1. The van der Waals surface area contributed by atoms with Crippen LogP contribution in [0.4, 0.5) is 0 Å². The first-order chi connectivity index (χ1) is 11.1.